The highest BCUT2D eigenvalue weighted by atomic mass is 32.2. The molecule has 2 rings (SSSR count). The van der Waals surface area contributed by atoms with Gasteiger partial charge in [0.25, 0.3) is 5.91 Å². The maximum Gasteiger partial charge on any atom is 0.342 e. The lowest BCUT2D eigenvalue weighted by Crippen LogP contribution is -2.31. The first kappa shape index (κ1) is 19.5. The molecular weight excluding hydrogens is 364 g/mol. The van der Waals surface area contributed by atoms with E-state index in [-0.39, 0.29) is 16.2 Å². The molecule has 0 aliphatic carbocycles. The predicted octanol–water partition coefficient (Wildman–Crippen LogP) is 0.970. The summed E-state index contributed by atoms with van der Waals surface area (Å²) in [6, 6.07) is 6.47. The highest BCUT2D eigenvalue weighted by molar-refractivity contribution is 7.89. The molecule has 0 aliphatic rings. The van der Waals surface area contributed by atoms with Crippen molar-refractivity contribution in [2.75, 3.05) is 13.7 Å². The summed E-state index contributed by atoms with van der Waals surface area (Å²) < 4.78 is 37.9. The van der Waals surface area contributed by atoms with Gasteiger partial charge in [-0.1, -0.05) is 0 Å². The van der Waals surface area contributed by atoms with Gasteiger partial charge in [0, 0.05) is 0 Å². The Balaban J connectivity index is 2.04. The molecule has 0 saturated carbocycles. The van der Waals surface area contributed by atoms with E-state index in [1.165, 1.54) is 25.5 Å². The number of hydrogen-bond donors (Lipinski definition) is 2. The first-order valence-electron chi connectivity index (χ1n) is 7.43. The van der Waals surface area contributed by atoms with Gasteiger partial charge in [-0.2, -0.15) is 0 Å². The monoisotopic (exact) mass is 382 g/mol. The Morgan fingerprint density at radius 3 is 2.62 bits per heavy atom. The number of amides is 1. The molecule has 0 bridgehead atoms. The van der Waals surface area contributed by atoms with Crippen LogP contribution in [0.5, 0.6) is 5.75 Å². The van der Waals surface area contributed by atoms with Crippen LogP contribution in [0.1, 0.15) is 29.1 Å². The maximum absolute atomic E-state index is 12.2. The van der Waals surface area contributed by atoms with Crippen molar-refractivity contribution in [3.63, 3.8) is 0 Å². The molecule has 0 radical (unpaired) electrons. The second-order valence-corrected chi connectivity index (χ2v) is 6.85. The van der Waals surface area contributed by atoms with E-state index in [1.807, 2.05) is 0 Å². The normalized spacial score (nSPS) is 12.3. The summed E-state index contributed by atoms with van der Waals surface area (Å²) in [6.45, 7) is 1.14. The van der Waals surface area contributed by atoms with E-state index < -0.39 is 34.5 Å². The van der Waals surface area contributed by atoms with Gasteiger partial charge in [0.15, 0.2) is 6.61 Å². The molecule has 0 unspecified atom stereocenters. The quantitative estimate of drug-likeness (QED) is 0.680. The average Bonchev–Trinajstić information content (AvgIpc) is 3.13. The summed E-state index contributed by atoms with van der Waals surface area (Å²) in [5.41, 5.74) is -0.161. The van der Waals surface area contributed by atoms with Crippen LogP contribution in [0.3, 0.4) is 0 Å². The summed E-state index contributed by atoms with van der Waals surface area (Å²) in [6.07, 6.45) is 1.47. The molecule has 1 aromatic heterocycles. The van der Waals surface area contributed by atoms with Crippen molar-refractivity contribution in [2.45, 2.75) is 17.9 Å². The van der Waals surface area contributed by atoms with E-state index in [0.29, 0.717) is 5.76 Å². The van der Waals surface area contributed by atoms with Gasteiger partial charge >= 0.3 is 5.97 Å². The zero-order valence-corrected chi connectivity index (χ0v) is 14.9. The van der Waals surface area contributed by atoms with Gasteiger partial charge in [-0.3, -0.25) is 4.79 Å². The number of benzene rings is 1. The second kappa shape index (κ2) is 8.02. The molecular formula is C16H18N2O7S. The Bertz CT molecular complexity index is 891. The topological polar surface area (TPSA) is 138 Å². The summed E-state index contributed by atoms with van der Waals surface area (Å²) in [5.74, 6) is -0.837. The van der Waals surface area contributed by atoms with E-state index in [2.05, 4.69) is 5.32 Å². The minimum Gasteiger partial charge on any atom is -0.496 e. The zero-order chi connectivity index (χ0) is 19.3. The third kappa shape index (κ3) is 4.83. The summed E-state index contributed by atoms with van der Waals surface area (Å²) in [4.78, 5) is 23.8. The van der Waals surface area contributed by atoms with Crippen LogP contribution in [0.4, 0.5) is 0 Å². The van der Waals surface area contributed by atoms with E-state index >= 15 is 0 Å². The number of carbonyl (C=O) groups is 2. The van der Waals surface area contributed by atoms with Crippen LogP contribution in [-0.2, 0) is 19.6 Å². The summed E-state index contributed by atoms with van der Waals surface area (Å²) in [5, 5.41) is 7.64. The molecule has 10 heteroatoms. The largest absolute Gasteiger partial charge is 0.496 e. The number of methoxy groups -OCH3 is 1. The number of hydrogen-bond acceptors (Lipinski definition) is 7. The van der Waals surface area contributed by atoms with Gasteiger partial charge in [-0.15, -0.1) is 0 Å². The molecule has 1 heterocycles. The Hall–Kier alpha value is -2.85. The van der Waals surface area contributed by atoms with Crippen molar-refractivity contribution in [1.29, 1.82) is 0 Å². The molecule has 140 valence electrons. The summed E-state index contributed by atoms with van der Waals surface area (Å²) >= 11 is 0. The number of esters is 1. The molecule has 26 heavy (non-hydrogen) atoms. The van der Waals surface area contributed by atoms with Crippen molar-refractivity contribution < 1.29 is 31.9 Å². The lowest BCUT2D eigenvalue weighted by atomic mass is 10.2. The van der Waals surface area contributed by atoms with Crippen LogP contribution < -0.4 is 15.2 Å². The Kier molecular flexibility index (Phi) is 6.01. The lowest BCUT2D eigenvalue weighted by molar-refractivity contribution is -0.125. The van der Waals surface area contributed by atoms with Crippen molar-refractivity contribution >= 4 is 21.9 Å². The number of carbonyl (C=O) groups excluding carboxylic acids is 2. The lowest BCUT2D eigenvalue weighted by Gasteiger charge is -2.13. The number of ether oxygens (including phenoxy) is 2. The van der Waals surface area contributed by atoms with Crippen molar-refractivity contribution in [2.24, 2.45) is 5.14 Å². The molecule has 1 aromatic carbocycles. The average molecular weight is 382 g/mol. The molecule has 3 N–H and O–H groups in total. The molecule has 1 atom stereocenters. The fourth-order valence-electron chi connectivity index (χ4n) is 2.12. The van der Waals surface area contributed by atoms with Crippen LogP contribution in [0.15, 0.2) is 45.9 Å². The van der Waals surface area contributed by atoms with Crippen LogP contribution >= 0.6 is 0 Å². The standard InChI is InChI=1S/C16H18N2O7S/c1-10(13-4-3-7-24-13)18-15(19)9-25-16(20)12-8-11(26(17,21)22)5-6-14(12)23-2/h3-8,10H,9H2,1-2H3,(H,18,19)(H2,17,21,22)/t10-/m1/s1. The molecule has 0 saturated heterocycles. The van der Waals surface area contributed by atoms with Gasteiger partial charge in [0.05, 0.1) is 24.3 Å². The third-order valence-corrected chi connectivity index (χ3v) is 4.31. The molecule has 9 nitrogen and oxygen atoms in total. The van der Waals surface area contributed by atoms with Crippen LogP contribution in [-0.4, -0.2) is 34.0 Å². The zero-order valence-electron chi connectivity index (χ0n) is 14.1. The van der Waals surface area contributed by atoms with Crippen molar-refractivity contribution in [3.05, 3.63) is 47.9 Å². The van der Waals surface area contributed by atoms with E-state index in [9.17, 15) is 18.0 Å². The van der Waals surface area contributed by atoms with Gasteiger partial charge in [0.1, 0.15) is 17.1 Å². The van der Waals surface area contributed by atoms with Crippen LogP contribution in [0, 0.1) is 0 Å². The number of primary sulfonamides is 1. The Labute approximate surface area is 150 Å². The van der Waals surface area contributed by atoms with Crippen molar-refractivity contribution in [1.82, 2.24) is 5.32 Å². The number of sulfonamides is 1. The van der Waals surface area contributed by atoms with Gasteiger partial charge in [0.2, 0.25) is 10.0 Å². The van der Waals surface area contributed by atoms with Crippen LogP contribution in [0.2, 0.25) is 0 Å². The summed E-state index contributed by atoms with van der Waals surface area (Å²) in [7, 11) is -2.70. The minimum absolute atomic E-state index is 0.0896. The first-order chi connectivity index (χ1) is 12.2. The molecule has 0 spiro atoms. The molecule has 1 amide bonds. The SMILES string of the molecule is COc1ccc(S(N)(=O)=O)cc1C(=O)OCC(=O)N[C@H](C)c1ccco1. The minimum atomic E-state index is -4.01. The smallest absolute Gasteiger partial charge is 0.342 e. The Morgan fingerprint density at radius 2 is 2.04 bits per heavy atom. The van der Waals surface area contributed by atoms with Gasteiger partial charge in [-0.25, -0.2) is 18.4 Å². The highest BCUT2D eigenvalue weighted by Gasteiger charge is 2.20. The first-order valence-corrected chi connectivity index (χ1v) is 8.97. The predicted molar refractivity (Wildman–Crippen MR) is 89.9 cm³/mol. The van der Waals surface area contributed by atoms with E-state index in [4.69, 9.17) is 19.0 Å². The molecule has 2 aromatic rings. The number of rotatable bonds is 7. The highest BCUT2D eigenvalue weighted by Crippen LogP contribution is 2.22. The van der Waals surface area contributed by atoms with E-state index in [1.54, 1.807) is 19.1 Å². The fourth-order valence-corrected chi connectivity index (χ4v) is 2.66. The third-order valence-electron chi connectivity index (χ3n) is 3.40. The molecule has 0 aliphatic heterocycles. The Morgan fingerprint density at radius 1 is 1.31 bits per heavy atom. The van der Waals surface area contributed by atoms with Gasteiger partial charge < -0.3 is 19.2 Å². The van der Waals surface area contributed by atoms with Gasteiger partial charge in [-0.05, 0) is 37.3 Å². The second-order valence-electron chi connectivity index (χ2n) is 5.29. The number of nitrogens with one attached hydrogen (secondary N) is 1. The van der Waals surface area contributed by atoms with Crippen molar-refractivity contribution in [3.8, 4) is 5.75 Å². The van der Waals surface area contributed by atoms with E-state index in [0.717, 1.165) is 6.07 Å². The maximum atomic E-state index is 12.2. The molecule has 0 fully saturated rings. The number of nitrogens with two attached hydrogens (primary N) is 1. The number of furan rings is 1. The fraction of sp³-hybridized carbons (Fsp3) is 0.250. The van der Waals surface area contributed by atoms with Crippen LogP contribution in [0.25, 0.3) is 0 Å².